The maximum absolute atomic E-state index is 13.0. The van der Waals surface area contributed by atoms with E-state index in [1.165, 1.54) is 11.3 Å². The Morgan fingerprint density at radius 1 is 0.977 bits per heavy atom. The Morgan fingerprint density at radius 3 is 2.40 bits per heavy atom. The Balaban J connectivity index is 1.22. The van der Waals surface area contributed by atoms with Crippen molar-refractivity contribution >= 4 is 36.4 Å². The van der Waals surface area contributed by atoms with Crippen LogP contribution in [0.4, 0.5) is 5.13 Å². The second-order valence-electron chi connectivity index (χ2n) is 12.5. The Bertz CT molecular complexity index is 1680. The van der Waals surface area contributed by atoms with Gasteiger partial charge in [-0.3, -0.25) is 14.9 Å². The topological polar surface area (TPSA) is 78.7 Å². The third kappa shape index (κ3) is 7.16. The molecule has 0 spiro atoms. The summed E-state index contributed by atoms with van der Waals surface area (Å²) in [4.78, 5) is 34.5. The fraction of sp³-hybridized carbons (Fsp3) is 0.324. The molecule has 43 heavy (non-hydrogen) atoms. The number of aromatic nitrogens is 1. The van der Waals surface area contributed by atoms with Crippen molar-refractivity contribution in [3.8, 4) is 34.0 Å². The van der Waals surface area contributed by atoms with Gasteiger partial charge < -0.3 is 14.2 Å². The van der Waals surface area contributed by atoms with Crippen LogP contribution < -0.4 is 5.32 Å². The van der Waals surface area contributed by atoms with Gasteiger partial charge in [0.15, 0.2) is 10.9 Å². The first-order chi connectivity index (χ1) is 20.4. The lowest BCUT2D eigenvalue weighted by atomic mass is 10.1. The molecule has 0 aliphatic carbocycles. The number of nitrogens with zero attached hydrogens (tertiary/aromatic N) is 3. The Labute approximate surface area is 258 Å². The van der Waals surface area contributed by atoms with Crippen LogP contribution in [0, 0.1) is 11.5 Å². The zero-order valence-electron chi connectivity index (χ0n) is 25.7. The molecule has 2 aromatic carbocycles. The molecule has 1 N–H and O–H groups in total. The number of carbonyl (C=O) groups is 2. The molecule has 0 saturated carbocycles. The molecule has 5 rings (SSSR count). The van der Waals surface area contributed by atoms with Crippen LogP contribution in [0.5, 0.6) is 0 Å². The molecule has 1 aliphatic rings. The van der Waals surface area contributed by atoms with Crippen molar-refractivity contribution in [1.29, 1.82) is 0 Å². The standard InChI is InChI=1S/C34H38N4O3SSi/c1-34(2,3)43(5,6)21-16-24-8-7-9-27(22-24)28-23-42-33(35-28)36-31(39)30-15-14-29(41-30)25-10-12-26(13-11-25)32(40)38-19-17-37(4)18-20-38/h7-15,22-23H,17-20H2,1-6H3,(H,35,36,39). The third-order valence-electron chi connectivity index (χ3n) is 8.31. The number of nitrogens with one attached hydrogen (secondary N) is 1. The van der Waals surface area contributed by atoms with E-state index in [1.807, 2.05) is 58.8 Å². The van der Waals surface area contributed by atoms with E-state index in [-0.39, 0.29) is 22.6 Å². The maximum Gasteiger partial charge on any atom is 0.293 e. The van der Waals surface area contributed by atoms with E-state index in [9.17, 15) is 9.59 Å². The van der Waals surface area contributed by atoms with Gasteiger partial charge in [-0.15, -0.1) is 16.9 Å². The molecule has 9 heteroatoms. The van der Waals surface area contributed by atoms with Gasteiger partial charge in [0, 0.05) is 53.8 Å². The lowest BCUT2D eigenvalue weighted by molar-refractivity contribution is 0.0664. The van der Waals surface area contributed by atoms with E-state index >= 15 is 0 Å². The summed E-state index contributed by atoms with van der Waals surface area (Å²) < 4.78 is 5.87. The minimum absolute atomic E-state index is 0.0350. The summed E-state index contributed by atoms with van der Waals surface area (Å²) in [6.45, 7) is 14.6. The first kappa shape index (κ1) is 30.5. The minimum Gasteiger partial charge on any atom is -0.451 e. The Hall–Kier alpha value is -3.97. The highest BCUT2D eigenvalue weighted by Gasteiger charge is 2.33. The first-order valence-corrected chi connectivity index (χ1v) is 18.4. The second-order valence-corrected chi connectivity index (χ2v) is 18.4. The zero-order valence-corrected chi connectivity index (χ0v) is 27.5. The summed E-state index contributed by atoms with van der Waals surface area (Å²) in [5.74, 6) is 3.79. The predicted octanol–water partition coefficient (Wildman–Crippen LogP) is 7.11. The van der Waals surface area contributed by atoms with E-state index in [4.69, 9.17) is 4.42 Å². The number of piperazine rings is 1. The molecule has 0 unspecified atom stereocenters. The highest BCUT2D eigenvalue weighted by Crippen LogP contribution is 2.35. The number of thiazole rings is 1. The average molecular weight is 611 g/mol. The summed E-state index contributed by atoms with van der Waals surface area (Å²) >= 11 is 1.36. The van der Waals surface area contributed by atoms with Crippen LogP contribution in [0.25, 0.3) is 22.6 Å². The molecular formula is C34H38N4O3SSi. The largest absolute Gasteiger partial charge is 0.451 e. The van der Waals surface area contributed by atoms with Crippen molar-refractivity contribution in [2.45, 2.75) is 38.9 Å². The van der Waals surface area contributed by atoms with Crippen LogP contribution >= 0.6 is 11.3 Å². The fourth-order valence-corrected chi connectivity index (χ4v) is 5.93. The van der Waals surface area contributed by atoms with Crippen LogP contribution in [-0.2, 0) is 0 Å². The van der Waals surface area contributed by atoms with Crippen molar-refractivity contribution in [1.82, 2.24) is 14.8 Å². The van der Waals surface area contributed by atoms with Gasteiger partial charge in [-0.2, -0.15) is 0 Å². The lowest BCUT2D eigenvalue weighted by Gasteiger charge is -2.32. The number of benzene rings is 2. The Morgan fingerprint density at radius 2 is 1.70 bits per heavy atom. The van der Waals surface area contributed by atoms with Crippen molar-refractivity contribution < 1.29 is 14.0 Å². The summed E-state index contributed by atoms with van der Waals surface area (Å²) in [6, 6.07) is 18.8. The summed E-state index contributed by atoms with van der Waals surface area (Å²) in [5.41, 5.74) is 7.69. The summed E-state index contributed by atoms with van der Waals surface area (Å²) in [7, 11) is 0.351. The number of anilines is 1. The Kier molecular flexibility index (Phi) is 8.74. The maximum atomic E-state index is 13.0. The highest BCUT2D eigenvalue weighted by molar-refractivity contribution is 7.14. The van der Waals surface area contributed by atoms with Crippen LogP contribution in [0.1, 0.15) is 47.2 Å². The van der Waals surface area contributed by atoms with Gasteiger partial charge >= 0.3 is 0 Å². The molecule has 1 fully saturated rings. The lowest BCUT2D eigenvalue weighted by Crippen LogP contribution is -2.47. The number of hydrogen-bond acceptors (Lipinski definition) is 6. The smallest absolute Gasteiger partial charge is 0.293 e. The average Bonchev–Trinajstić information content (AvgIpc) is 3.67. The molecule has 4 aromatic rings. The molecule has 0 atom stereocenters. The molecular weight excluding hydrogens is 573 g/mol. The van der Waals surface area contributed by atoms with Crippen LogP contribution in [-0.4, -0.2) is 67.9 Å². The van der Waals surface area contributed by atoms with Crippen molar-refractivity contribution in [2.75, 3.05) is 38.5 Å². The van der Waals surface area contributed by atoms with E-state index in [0.717, 1.165) is 48.6 Å². The zero-order chi connectivity index (χ0) is 30.8. The van der Waals surface area contributed by atoms with Crippen LogP contribution in [0.3, 0.4) is 0 Å². The van der Waals surface area contributed by atoms with E-state index in [1.54, 1.807) is 12.1 Å². The third-order valence-corrected chi connectivity index (χ3v) is 13.6. The molecule has 3 heterocycles. The van der Waals surface area contributed by atoms with Gasteiger partial charge in [-0.05, 0) is 48.5 Å². The van der Waals surface area contributed by atoms with Crippen molar-refractivity contribution in [3.05, 3.63) is 82.9 Å². The number of likely N-dealkylation sites (N-methyl/N-ethyl adjacent to an activating group) is 1. The predicted molar refractivity (Wildman–Crippen MR) is 177 cm³/mol. The number of rotatable bonds is 5. The fourth-order valence-electron chi connectivity index (χ4n) is 4.38. The summed E-state index contributed by atoms with van der Waals surface area (Å²) in [5, 5.41) is 5.46. The molecule has 2 amide bonds. The normalized spacial score (nSPS) is 14.2. The number of furan rings is 1. The molecule has 7 nitrogen and oxygen atoms in total. The van der Waals surface area contributed by atoms with E-state index in [2.05, 4.69) is 67.6 Å². The van der Waals surface area contributed by atoms with E-state index in [0.29, 0.717) is 16.5 Å². The van der Waals surface area contributed by atoms with E-state index < -0.39 is 8.07 Å². The van der Waals surface area contributed by atoms with Crippen LogP contribution in [0.2, 0.25) is 18.1 Å². The van der Waals surface area contributed by atoms with Crippen molar-refractivity contribution in [2.24, 2.45) is 0 Å². The van der Waals surface area contributed by atoms with Gasteiger partial charge in [-0.25, -0.2) is 4.98 Å². The number of amides is 2. The van der Waals surface area contributed by atoms with Gasteiger partial charge in [-0.1, -0.05) is 64.1 Å². The molecule has 1 aliphatic heterocycles. The number of hydrogen-bond donors (Lipinski definition) is 1. The number of carbonyl (C=O) groups excluding carboxylic acids is 2. The van der Waals surface area contributed by atoms with Gasteiger partial charge in [0.25, 0.3) is 11.8 Å². The van der Waals surface area contributed by atoms with Gasteiger partial charge in [0.2, 0.25) is 0 Å². The molecule has 0 bridgehead atoms. The van der Waals surface area contributed by atoms with Gasteiger partial charge in [0.05, 0.1) is 5.69 Å². The second kappa shape index (κ2) is 12.3. The highest BCUT2D eigenvalue weighted by atomic mass is 32.1. The minimum atomic E-state index is -1.71. The monoisotopic (exact) mass is 610 g/mol. The molecule has 0 radical (unpaired) electrons. The molecule has 1 saturated heterocycles. The van der Waals surface area contributed by atoms with Gasteiger partial charge in [0.1, 0.15) is 13.8 Å². The molecule has 222 valence electrons. The van der Waals surface area contributed by atoms with Crippen LogP contribution in [0.15, 0.2) is 70.5 Å². The SMILES string of the molecule is CN1CCN(C(=O)c2ccc(-c3ccc(C(=O)Nc4nc(-c5cccc(C#C[Si](C)(C)C(C)(C)C)c5)cs4)o3)cc2)CC1. The van der Waals surface area contributed by atoms with Crippen molar-refractivity contribution in [3.63, 3.8) is 0 Å². The first-order valence-electron chi connectivity index (χ1n) is 14.5. The quantitative estimate of drug-likeness (QED) is 0.193. The summed E-state index contributed by atoms with van der Waals surface area (Å²) in [6.07, 6.45) is 0. The molecule has 2 aromatic heterocycles.